The van der Waals surface area contributed by atoms with Crippen LogP contribution in [0.15, 0.2) is 41.8 Å². The molecule has 8 heteroatoms. The molecule has 0 saturated heterocycles. The maximum atomic E-state index is 12.5. The molecule has 1 aromatic carbocycles. The summed E-state index contributed by atoms with van der Waals surface area (Å²) in [5.74, 6) is -0.111. The summed E-state index contributed by atoms with van der Waals surface area (Å²) in [6.07, 6.45) is 1.98. The van der Waals surface area contributed by atoms with Gasteiger partial charge in [-0.1, -0.05) is 37.3 Å². The zero-order chi connectivity index (χ0) is 19.2. The van der Waals surface area contributed by atoms with Gasteiger partial charge in [-0.05, 0) is 42.5 Å². The summed E-state index contributed by atoms with van der Waals surface area (Å²) >= 11 is 2.77. The first-order valence-corrected chi connectivity index (χ1v) is 10.4. The molecule has 6 nitrogen and oxygen atoms in total. The largest absolute Gasteiger partial charge is 0.321 e. The van der Waals surface area contributed by atoms with Crippen molar-refractivity contribution in [1.29, 1.82) is 0 Å². The lowest BCUT2D eigenvalue weighted by molar-refractivity contribution is 0.101. The van der Waals surface area contributed by atoms with Crippen LogP contribution in [0.3, 0.4) is 0 Å². The van der Waals surface area contributed by atoms with E-state index in [2.05, 4.69) is 34.7 Å². The third-order valence-electron chi connectivity index (χ3n) is 4.12. The van der Waals surface area contributed by atoms with Crippen LogP contribution < -0.4 is 10.6 Å². The first kappa shape index (κ1) is 19.2. The number of rotatable bonds is 7. The van der Waals surface area contributed by atoms with Crippen LogP contribution in [0.25, 0.3) is 0 Å². The van der Waals surface area contributed by atoms with E-state index in [9.17, 15) is 9.59 Å². The molecule has 0 bridgehead atoms. The Balaban J connectivity index is 1.67. The van der Waals surface area contributed by atoms with E-state index < -0.39 is 0 Å². The Hall–Kier alpha value is -2.58. The molecular formula is C19H20N4O2S2. The predicted molar refractivity (Wildman–Crippen MR) is 110 cm³/mol. The van der Waals surface area contributed by atoms with E-state index >= 15 is 0 Å². The number of hydrogen-bond acceptors (Lipinski definition) is 6. The van der Waals surface area contributed by atoms with Crippen LogP contribution in [0, 0.1) is 0 Å². The van der Waals surface area contributed by atoms with Gasteiger partial charge in [0.05, 0.1) is 4.88 Å². The van der Waals surface area contributed by atoms with Crippen molar-refractivity contribution in [2.24, 2.45) is 0 Å². The second-order valence-electron chi connectivity index (χ2n) is 5.93. The van der Waals surface area contributed by atoms with Crippen LogP contribution in [0.4, 0.5) is 10.8 Å². The fourth-order valence-electron chi connectivity index (χ4n) is 2.60. The Morgan fingerprint density at radius 3 is 2.56 bits per heavy atom. The fourth-order valence-corrected chi connectivity index (χ4v) is 4.22. The summed E-state index contributed by atoms with van der Waals surface area (Å²) in [6.45, 7) is 4.23. The van der Waals surface area contributed by atoms with Crippen molar-refractivity contribution in [3.8, 4) is 0 Å². The summed E-state index contributed by atoms with van der Waals surface area (Å²) in [4.78, 5) is 25.3. The highest BCUT2D eigenvalue weighted by Gasteiger charge is 2.16. The first-order chi connectivity index (χ1) is 13.1. The topological polar surface area (TPSA) is 84.0 Å². The molecule has 0 aliphatic carbocycles. The van der Waals surface area contributed by atoms with Gasteiger partial charge in [0.2, 0.25) is 5.13 Å². The number of aromatic nitrogens is 2. The van der Waals surface area contributed by atoms with Gasteiger partial charge in [0.1, 0.15) is 5.01 Å². The van der Waals surface area contributed by atoms with E-state index in [1.54, 1.807) is 30.3 Å². The lowest BCUT2D eigenvalue weighted by Crippen LogP contribution is -2.14. The van der Waals surface area contributed by atoms with E-state index in [0.717, 1.165) is 17.8 Å². The van der Waals surface area contributed by atoms with Crippen molar-refractivity contribution in [2.75, 3.05) is 10.6 Å². The molecule has 140 valence electrons. The molecule has 27 heavy (non-hydrogen) atoms. The predicted octanol–water partition coefficient (Wildman–Crippen LogP) is 5.01. The maximum Gasteiger partial charge on any atom is 0.265 e. The minimum Gasteiger partial charge on any atom is -0.321 e. The van der Waals surface area contributed by atoms with Gasteiger partial charge in [0.25, 0.3) is 11.8 Å². The minimum absolute atomic E-state index is 0.193. The van der Waals surface area contributed by atoms with Gasteiger partial charge in [-0.3, -0.25) is 14.9 Å². The van der Waals surface area contributed by atoms with E-state index in [0.29, 0.717) is 27.2 Å². The van der Waals surface area contributed by atoms with Crippen LogP contribution in [-0.2, 0) is 0 Å². The summed E-state index contributed by atoms with van der Waals surface area (Å²) in [5, 5.41) is 17.1. The summed E-state index contributed by atoms with van der Waals surface area (Å²) in [5.41, 5.74) is 1.01. The summed E-state index contributed by atoms with van der Waals surface area (Å²) in [6, 6.07) is 10.4. The molecule has 0 saturated carbocycles. The van der Waals surface area contributed by atoms with E-state index in [4.69, 9.17) is 0 Å². The number of anilines is 2. The van der Waals surface area contributed by atoms with Gasteiger partial charge >= 0.3 is 0 Å². The molecule has 0 atom stereocenters. The number of carbonyl (C=O) groups is 2. The Morgan fingerprint density at radius 2 is 1.85 bits per heavy atom. The van der Waals surface area contributed by atoms with Crippen LogP contribution >= 0.6 is 22.7 Å². The molecule has 0 aliphatic heterocycles. The monoisotopic (exact) mass is 400 g/mol. The number of hydrogen-bond donors (Lipinski definition) is 2. The van der Waals surface area contributed by atoms with Crippen molar-refractivity contribution < 1.29 is 9.59 Å². The molecule has 0 radical (unpaired) electrons. The second-order valence-corrected chi connectivity index (χ2v) is 7.88. The van der Waals surface area contributed by atoms with Crippen molar-refractivity contribution in [1.82, 2.24) is 10.2 Å². The normalized spacial score (nSPS) is 10.8. The SMILES string of the molecule is CCC(CC)c1nnc(NC(=O)c2cccc(NC(=O)c3cccs3)c2)s1. The zero-order valence-electron chi connectivity index (χ0n) is 15.1. The van der Waals surface area contributed by atoms with Crippen molar-refractivity contribution >= 4 is 45.3 Å². The first-order valence-electron chi connectivity index (χ1n) is 8.70. The van der Waals surface area contributed by atoms with Crippen molar-refractivity contribution in [3.63, 3.8) is 0 Å². The van der Waals surface area contributed by atoms with Gasteiger partial charge in [-0.15, -0.1) is 21.5 Å². The van der Waals surface area contributed by atoms with E-state index in [-0.39, 0.29) is 11.8 Å². The minimum atomic E-state index is -0.283. The van der Waals surface area contributed by atoms with Gasteiger partial charge in [-0.25, -0.2) is 0 Å². The Labute approximate surface area is 165 Å². The second kappa shape index (κ2) is 8.88. The third-order valence-corrected chi connectivity index (χ3v) is 5.99. The number of nitrogens with one attached hydrogen (secondary N) is 2. The van der Waals surface area contributed by atoms with Gasteiger partial charge in [0, 0.05) is 17.2 Å². The third kappa shape index (κ3) is 4.78. The van der Waals surface area contributed by atoms with Crippen LogP contribution in [0.2, 0.25) is 0 Å². The number of carbonyl (C=O) groups excluding carboxylic acids is 2. The number of thiophene rings is 1. The molecule has 0 fully saturated rings. The quantitative estimate of drug-likeness (QED) is 0.584. The molecule has 3 rings (SSSR count). The molecule has 2 N–H and O–H groups in total. The number of amides is 2. The summed E-state index contributed by atoms with van der Waals surface area (Å²) < 4.78 is 0. The molecule has 2 aromatic heterocycles. The average Bonchev–Trinajstić information content (AvgIpc) is 3.35. The van der Waals surface area contributed by atoms with E-state index in [1.165, 1.54) is 22.7 Å². The van der Waals surface area contributed by atoms with Crippen LogP contribution in [0.5, 0.6) is 0 Å². The molecule has 0 aliphatic rings. The summed E-state index contributed by atoms with van der Waals surface area (Å²) in [7, 11) is 0. The molecule has 2 heterocycles. The number of benzene rings is 1. The van der Waals surface area contributed by atoms with Crippen LogP contribution in [0.1, 0.15) is 57.6 Å². The average molecular weight is 401 g/mol. The molecule has 0 unspecified atom stereocenters. The molecule has 2 amide bonds. The van der Waals surface area contributed by atoms with E-state index in [1.807, 2.05) is 11.4 Å². The number of nitrogens with zero attached hydrogens (tertiary/aromatic N) is 2. The smallest absolute Gasteiger partial charge is 0.265 e. The van der Waals surface area contributed by atoms with Crippen molar-refractivity contribution in [3.05, 3.63) is 57.2 Å². The standard InChI is InChI=1S/C19H20N4O2S2/c1-3-12(4-2)18-22-23-19(27-18)21-16(24)13-7-5-8-14(11-13)20-17(25)15-9-6-10-26-15/h5-12H,3-4H2,1-2H3,(H,20,25)(H,21,23,24). The van der Waals surface area contributed by atoms with Crippen molar-refractivity contribution in [2.45, 2.75) is 32.6 Å². The van der Waals surface area contributed by atoms with Crippen LogP contribution in [-0.4, -0.2) is 22.0 Å². The highest BCUT2D eigenvalue weighted by atomic mass is 32.1. The highest BCUT2D eigenvalue weighted by Crippen LogP contribution is 2.28. The Morgan fingerprint density at radius 1 is 1.04 bits per heavy atom. The zero-order valence-corrected chi connectivity index (χ0v) is 16.7. The van der Waals surface area contributed by atoms with Gasteiger partial charge < -0.3 is 5.32 Å². The highest BCUT2D eigenvalue weighted by molar-refractivity contribution is 7.15. The molecular weight excluding hydrogens is 380 g/mol. The molecule has 0 spiro atoms. The lowest BCUT2D eigenvalue weighted by atomic mass is 10.1. The van der Waals surface area contributed by atoms with Gasteiger partial charge in [0.15, 0.2) is 0 Å². The molecule has 3 aromatic rings. The Kier molecular flexibility index (Phi) is 6.31. The fraction of sp³-hybridized carbons (Fsp3) is 0.263. The van der Waals surface area contributed by atoms with Gasteiger partial charge in [-0.2, -0.15) is 0 Å². The Bertz CT molecular complexity index is 917. The lowest BCUT2D eigenvalue weighted by Gasteiger charge is -2.07. The maximum absolute atomic E-state index is 12.5.